The van der Waals surface area contributed by atoms with Gasteiger partial charge in [0.2, 0.25) is 0 Å². The summed E-state index contributed by atoms with van der Waals surface area (Å²) >= 11 is 0. The second kappa shape index (κ2) is 5.49. The van der Waals surface area contributed by atoms with Crippen LogP contribution in [-0.2, 0) is 4.74 Å². The molecule has 91 valence electrons. The molecule has 0 aliphatic carbocycles. The lowest BCUT2D eigenvalue weighted by molar-refractivity contribution is 0.00721. The standard InChI is InChI=1S/C12H14BF2O2/c1-13-12-10(14)5-9(6-11(12)15)17-8-3-2-4-16-7-8/h5-6,8H,2-4,7H2,1H3. The molecule has 0 amide bonds. The Balaban J connectivity index is 2.10. The fourth-order valence-electron chi connectivity index (χ4n) is 1.90. The van der Waals surface area contributed by atoms with E-state index in [9.17, 15) is 8.78 Å². The van der Waals surface area contributed by atoms with E-state index in [0.29, 0.717) is 6.61 Å². The molecule has 1 aromatic carbocycles. The molecule has 5 heteroatoms. The highest BCUT2D eigenvalue weighted by Crippen LogP contribution is 2.19. The van der Waals surface area contributed by atoms with Gasteiger partial charge in [0.1, 0.15) is 23.5 Å². The van der Waals surface area contributed by atoms with Gasteiger partial charge in [-0.05, 0) is 18.3 Å². The maximum Gasteiger partial charge on any atom is 0.156 e. The van der Waals surface area contributed by atoms with Gasteiger partial charge in [0.25, 0.3) is 0 Å². The summed E-state index contributed by atoms with van der Waals surface area (Å²) in [6.07, 6.45) is 1.65. The number of hydrogen-bond donors (Lipinski definition) is 0. The Labute approximate surface area is 100 Å². The van der Waals surface area contributed by atoms with E-state index < -0.39 is 11.6 Å². The molecule has 1 aliphatic rings. The Hall–Kier alpha value is -1.10. The minimum atomic E-state index is -0.598. The van der Waals surface area contributed by atoms with E-state index in [1.54, 1.807) is 6.82 Å². The molecule has 2 nitrogen and oxygen atoms in total. The topological polar surface area (TPSA) is 18.5 Å². The van der Waals surface area contributed by atoms with Gasteiger partial charge >= 0.3 is 0 Å². The zero-order valence-electron chi connectivity index (χ0n) is 9.71. The number of benzene rings is 1. The summed E-state index contributed by atoms with van der Waals surface area (Å²) in [7, 11) is 1.40. The molecule has 2 rings (SSSR count). The molecule has 1 unspecified atom stereocenters. The lowest BCUT2D eigenvalue weighted by Crippen LogP contribution is -2.28. The fourth-order valence-corrected chi connectivity index (χ4v) is 1.90. The summed E-state index contributed by atoms with van der Waals surface area (Å²) in [5.74, 6) is -0.973. The van der Waals surface area contributed by atoms with Crippen molar-refractivity contribution in [2.75, 3.05) is 13.2 Å². The van der Waals surface area contributed by atoms with E-state index in [1.807, 2.05) is 0 Å². The van der Waals surface area contributed by atoms with Gasteiger partial charge in [0.05, 0.1) is 6.61 Å². The molecule has 0 bridgehead atoms. The fraction of sp³-hybridized carbons (Fsp3) is 0.500. The Morgan fingerprint density at radius 1 is 1.35 bits per heavy atom. The Morgan fingerprint density at radius 3 is 2.59 bits per heavy atom. The van der Waals surface area contributed by atoms with Crippen molar-refractivity contribution in [1.82, 2.24) is 0 Å². The first-order valence-electron chi connectivity index (χ1n) is 5.73. The van der Waals surface area contributed by atoms with Crippen molar-refractivity contribution in [3.8, 4) is 5.75 Å². The van der Waals surface area contributed by atoms with Crippen molar-refractivity contribution in [1.29, 1.82) is 0 Å². The van der Waals surface area contributed by atoms with E-state index in [2.05, 4.69) is 0 Å². The molecule has 0 spiro atoms. The van der Waals surface area contributed by atoms with Crippen LogP contribution in [0.4, 0.5) is 8.78 Å². The van der Waals surface area contributed by atoms with E-state index in [-0.39, 0.29) is 17.3 Å². The van der Waals surface area contributed by atoms with Crippen LogP contribution in [0, 0.1) is 11.6 Å². The van der Waals surface area contributed by atoms with Crippen molar-refractivity contribution >= 4 is 12.7 Å². The molecule has 1 aromatic rings. The van der Waals surface area contributed by atoms with Gasteiger partial charge in [-0.2, -0.15) is 0 Å². The predicted molar refractivity (Wildman–Crippen MR) is 62.1 cm³/mol. The Kier molecular flexibility index (Phi) is 4.00. The van der Waals surface area contributed by atoms with E-state index >= 15 is 0 Å². The van der Waals surface area contributed by atoms with Crippen molar-refractivity contribution in [3.63, 3.8) is 0 Å². The number of ether oxygens (including phenoxy) is 2. The summed E-state index contributed by atoms with van der Waals surface area (Å²) in [5, 5.41) is 0. The van der Waals surface area contributed by atoms with Gasteiger partial charge in [0, 0.05) is 18.7 Å². The third-order valence-electron chi connectivity index (χ3n) is 2.76. The Bertz CT molecular complexity index is 369. The van der Waals surface area contributed by atoms with Crippen LogP contribution in [0.3, 0.4) is 0 Å². The number of rotatable bonds is 3. The van der Waals surface area contributed by atoms with Gasteiger partial charge < -0.3 is 9.47 Å². The van der Waals surface area contributed by atoms with Crippen molar-refractivity contribution < 1.29 is 18.3 Å². The molecule has 17 heavy (non-hydrogen) atoms. The monoisotopic (exact) mass is 239 g/mol. The predicted octanol–water partition coefficient (Wildman–Crippen LogP) is 1.90. The van der Waals surface area contributed by atoms with Gasteiger partial charge in [-0.25, -0.2) is 8.78 Å². The van der Waals surface area contributed by atoms with Crippen LogP contribution in [0.15, 0.2) is 12.1 Å². The van der Waals surface area contributed by atoms with E-state index in [4.69, 9.17) is 9.47 Å². The van der Waals surface area contributed by atoms with Crippen LogP contribution < -0.4 is 10.2 Å². The average Bonchev–Trinajstić information content (AvgIpc) is 2.30. The highest BCUT2D eigenvalue weighted by atomic mass is 19.1. The minimum absolute atomic E-state index is 0.0164. The molecule has 0 saturated carbocycles. The maximum atomic E-state index is 13.5. The smallest absolute Gasteiger partial charge is 0.156 e. The van der Waals surface area contributed by atoms with Crippen molar-refractivity contribution in [2.24, 2.45) is 0 Å². The minimum Gasteiger partial charge on any atom is -0.488 e. The lowest BCUT2D eigenvalue weighted by atomic mass is 9.72. The van der Waals surface area contributed by atoms with Crippen molar-refractivity contribution in [2.45, 2.75) is 25.8 Å². The summed E-state index contributed by atoms with van der Waals surface area (Å²) in [4.78, 5) is 0. The first-order chi connectivity index (χ1) is 8.20. The van der Waals surface area contributed by atoms with Crippen LogP contribution in [0.1, 0.15) is 12.8 Å². The third kappa shape index (κ3) is 2.97. The molecular weight excluding hydrogens is 225 g/mol. The maximum absolute atomic E-state index is 13.5. The summed E-state index contributed by atoms with van der Waals surface area (Å²) in [5.41, 5.74) is -0.0164. The molecule has 1 radical (unpaired) electrons. The molecule has 0 aromatic heterocycles. The molecule has 1 fully saturated rings. The summed E-state index contributed by atoms with van der Waals surface area (Å²) in [6, 6.07) is 2.43. The normalized spacial score (nSPS) is 20.1. The molecule has 0 N–H and O–H groups in total. The number of hydrogen-bond acceptors (Lipinski definition) is 2. The molecular formula is C12H14BF2O2. The first kappa shape index (κ1) is 12.4. The SMILES string of the molecule is C[B]c1c(F)cc(OC2CCCOC2)cc1F. The summed E-state index contributed by atoms with van der Waals surface area (Å²) in [6.45, 7) is 2.80. The molecule has 1 aliphatic heterocycles. The largest absolute Gasteiger partial charge is 0.488 e. The van der Waals surface area contributed by atoms with Crippen LogP contribution >= 0.6 is 0 Å². The first-order valence-corrected chi connectivity index (χ1v) is 5.73. The highest BCUT2D eigenvalue weighted by Gasteiger charge is 2.17. The summed E-state index contributed by atoms with van der Waals surface area (Å²) < 4.78 is 37.7. The van der Waals surface area contributed by atoms with Crippen LogP contribution in [-0.4, -0.2) is 26.6 Å². The molecule has 1 saturated heterocycles. The zero-order valence-corrected chi connectivity index (χ0v) is 9.71. The van der Waals surface area contributed by atoms with E-state index in [0.717, 1.165) is 19.4 Å². The van der Waals surface area contributed by atoms with Crippen LogP contribution in [0.25, 0.3) is 0 Å². The Morgan fingerprint density at radius 2 is 2.06 bits per heavy atom. The lowest BCUT2D eigenvalue weighted by Gasteiger charge is -2.23. The van der Waals surface area contributed by atoms with Crippen LogP contribution in [0.5, 0.6) is 5.75 Å². The zero-order chi connectivity index (χ0) is 12.3. The number of halogens is 2. The molecule has 1 heterocycles. The van der Waals surface area contributed by atoms with Crippen LogP contribution in [0.2, 0.25) is 6.82 Å². The van der Waals surface area contributed by atoms with Gasteiger partial charge in [0.15, 0.2) is 7.28 Å². The second-order valence-electron chi connectivity index (χ2n) is 4.05. The second-order valence-corrected chi connectivity index (χ2v) is 4.05. The van der Waals surface area contributed by atoms with Gasteiger partial charge in [-0.15, -0.1) is 0 Å². The van der Waals surface area contributed by atoms with Gasteiger partial charge in [-0.1, -0.05) is 6.82 Å². The van der Waals surface area contributed by atoms with Gasteiger partial charge in [-0.3, -0.25) is 0 Å². The third-order valence-corrected chi connectivity index (χ3v) is 2.76. The quantitative estimate of drug-likeness (QED) is 0.750. The molecule has 1 atom stereocenters. The average molecular weight is 239 g/mol. The van der Waals surface area contributed by atoms with Crippen molar-refractivity contribution in [3.05, 3.63) is 23.8 Å². The van der Waals surface area contributed by atoms with E-state index in [1.165, 1.54) is 19.4 Å². The highest BCUT2D eigenvalue weighted by molar-refractivity contribution is 6.52.